The van der Waals surface area contributed by atoms with Gasteiger partial charge in [-0.1, -0.05) is 41.0 Å². The van der Waals surface area contributed by atoms with Crippen molar-refractivity contribution in [2.24, 2.45) is 11.3 Å². The van der Waals surface area contributed by atoms with Crippen LogP contribution in [0, 0.1) is 18.3 Å². The standard InChI is InChI=1S/C19H33N3O2S/c1-7-8-9-22(17(24)10-14(2)11-19(4,5)6)13-16(23)21-18-20-12-15(3)25-18/h12,14H,7-11,13H2,1-6H3,(H,20,21,23). The Morgan fingerprint density at radius 2 is 2.04 bits per heavy atom. The molecular formula is C19H33N3O2S. The molecule has 5 nitrogen and oxygen atoms in total. The monoisotopic (exact) mass is 367 g/mol. The minimum absolute atomic E-state index is 0.0654. The van der Waals surface area contributed by atoms with Crippen LogP contribution in [0.15, 0.2) is 6.20 Å². The Hall–Kier alpha value is -1.43. The van der Waals surface area contributed by atoms with Crippen LogP contribution in [0.5, 0.6) is 0 Å². The zero-order valence-electron chi connectivity index (χ0n) is 16.5. The van der Waals surface area contributed by atoms with Gasteiger partial charge < -0.3 is 10.2 Å². The topological polar surface area (TPSA) is 62.3 Å². The van der Waals surface area contributed by atoms with Gasteiger partial charge in [0.05, 0.1) is 6.54 Å². The largest absolute Gasteiger partial charge is 0.333 e. The van der Waals surface area contributed by atoms with Crippen molar-refractivity contribution >= 4 is 28.3 Å². The number of hydrogen-bond acceptors (Lipinski definition) is 4. The van der Waals surface area contributed by atoms with E-state index in [9.17, 15) is 9.59 Å². The molecule has 0 aliphatic carbocycles. The fourth-order valence-corrected chi connectivity index (χ4v) is 3.61. The number of thiazole rings is 1. The van der Waals surface area contributed by atoms with E-state index in [1.165, 1.54) is 11.3 Å². The summed E-state index contributed by atoms with van der Waals surface area (Å²) in [6.07, 6.45) is 5.11. The number of anilines is 1. The van der Waals surface area contributed by atoms with Crippen LogP contribution in [0.4, 0.5) is 5.13 Å². The predicted molar refractivity (Wildman–Crippen MR) is 105 cm³/mol. The van der Waals surface area contributed by atoms with Crippen LogP contribution < -0.4 is 5.32 Å². The van der Waals surface area contributed by atoms with E-state index in [1.807, 2.05) is 6.92 Å². The van der Waals surface area contributed by atoms with Gasteiger partial charge in [0, 0.05) is 24.0 Å². The molecule has 0 aliphatic rings. The average molecular weight is 368 g/mol. The van der Waals surface area contributed by atoms with Gasteiger partial charge in [-0.3, -0.25) is 9.59 Å². The van der Waals surface area contributed by atoms with Gasteiger partial charge in [0.25, 0.3) is 0 Å². The summed E-state index contributed by atoms with van der Waals surface area (Å²) in [5.41, 5.74) is 0.202. The average Bonchev–Trinajstić information content (AvgIpc) is 2.86. The van der Waals surface area contributed by atoms with Crippen molar-refractivity contribution in [3.05, 3.63) is 11.1 Å². The summed E-state index contributed by atoms with van der Waals surface area (Å²) in [7, 11) is 0. The Morgan fingerprint density at radius 3 is 2.56 bits per heavy atom. The second-order valence-corrected chi connectivity index (χ2v) is 9.30. The maximum absolute atomic E-state index is 12.7. The SMILES string of the molecule is CCCCN(CC(=O)Nc1ncc(C)s1)C(=O)CC(C)CC(C)(C)C. The number of aromatic nitrogens is 1. The molecule has 0 bridgehead atoms. The van der Waals surface area contributed by atoms with Gasteiger partial charge >= 0.3 is 0 Å². The Bertz CT molecular complexity index is 563. The first-order valence-electron chi connectivity index (χ1n) is 9.10. The van der Waals surface area contributed by atoms with Gasteiger partial charge in [-0.05, 0) is 31.1 Å². The molecule has 2 amide bonds. The maximum Gasteiger partial charge on any atom is 0.245 e. The third-order valence-electron chi connectivity index (χ3n) is 3.82. The third kappa shape index (κ3) is 9.00. The van der Waals surface area contributed by atoms with Gasteiger partial charge in [0.15, 0.2) is 5.13 Å². The van der Waals surface area contributed by atoms with E-state index < -0.39 is 0 Å². The zero-order chi connectivity index (χ0) is 19.0. The molecule has 0 spiro atoms. The molecule has 25 heavy (non-hydrogen) atoms. The molecule has 6 heteroatoms. The van der Waals surface area contributed by atoms with E-state index in [-0.39, 0.29) is 23.8 Å². The molecule has 0 aromatic carbocycles. The Morgan fingerprint density at radius 1 is 1.36 bits per heavy atom. The second-order valence-electron chi connectivity index (χ2n) is 8.07. The predicted octanol–water partition coefficient (Wildman–Crippen LogP) is 4.48. The van der Waals surface area contributed by atoms with Crippen molar-refractivity contribution in [1.82, 2.24) is 9.88 Å². The van der Waals surface area contributed by atoms with E-state index in [2.05, 4.69) is 44.9 Å². The maximum atomic E-state index is 12.7. The Kier molecular flexibility index (Phi) is 8.56. The van der Waals surface area contributed by atoms with Crippen molar-refractivity contribution in [3.8, 4) is 0 Å². The molecule has 0 radical (unpaired) electrons. The number of hydrogen-bond donors (Lipinski definition) is 1. The lowest BCUT2D eigenvalue weighted by atomic mass is 9.84. The summed E-state index contributed by atoms with van der Waals surface area (Å²) in [5.74, 6) is 0.194. The molecule has 0 saturated heterocycles. The fraction of sp³-hybridized carbons (Fsp3) is 0.737. The highest BCUT2D eigenvalue weighted by molar-refractivity contribution is 7.15. The first-order chi connectivity index (χ1) is 11.6. The summed E-state index contributed by atoms with van der Waals surface area (Å²) in [6.45, 7) is 13.4. The van der Waals surface area contributed by atoms with Crippen LogP contribution >= 0.6 is 11.3 Å². The van der Waals surface area contributed by atoms with Gasteiger partial charge in [0.1, 0.15) is 0 Å². The fourth-order valence-electron chi connectivity index (χ4n) is 2.93. The first-order valence-corrected chi connectivity index (χ1v) is 9.92. The van der Waals surface area contributed by atoms with E-state index in [4.69, 9.17) is 0 Å². The number of nitrogens with one attached hydrogen (secondary N) is 1. The molecule has 1 atom stereocenters. The van der Waals surface area contributed by atoms with Gasteiger partial charge in [-0.25, -0.2) is 4.98 Å². The van der Waals surface area contributed by atoms with Crippen molar-refractivity contribution in [2.45, 2.75) is 67.2 Å². The molecule has 142 valence electrons. The highest BCUT2D eigenvalue weighted by Crippen LogP contribution is 2.26. The number of aryl methyl sites for hydroxylation is 1. The molecule has 0 aliphatic heterocycles. The zero-order valence-corrected chi connectivity index (χ0v) is 17.3. The molecule has 1 heterocycles. The van der Waals surface area contributed by atoms with Crippen molar-refractivity contribution in [2.75, 3.05) is 18.4 Å². The summed E-state index contributed by atoms with van der Waals surface area (Å²) >= 11 is 1.44. The summed E-state index contributed by atoms with van der Waals surface area (Å²) in [4.78, 5) is 31.8. The Labute approximate surface area is 156 Å². The lowest BCUT2D eigenvalue weighted by molar-refractivity contribution is -0.135. The van der Waals surface area contributed by atoms with Crippen molar-refractivity contribution < 1.29 is 9.59 Å². The van der Waals surface area contributed by atoms with Gasteiger partial charge in [0.2, 0.25) is 11.8 Å². The summed E-state index contributed by atoms with van der Waals surface area (Å²) < 4.78 is 0. The third-order valence-corrected chi connectivity index (χ3v) is 4.65. The number of amides is 2. The number of carbonyl (C=O) groups is 2. The molecule has 1 rings (SSSR count). The number of carbonyl (C=O) groups excluding carboxylic acids is 2. The van der Waals surface area contributed by atoms with Crippen LogP contribution in [-0.2, 0) is 9.59 Å². The molecular weight excluding hydrogens is 334 g/mol. The van der Waals surface area contributed by atoms with E-state index in [0.29, 0.717) is 24.0 Å². The van der Waals surface area contributed by atoms with E-state index in [1.54, 1.807) is 11.1 Å². The number of unbranched alkanes of at least 4 members (excludes halogenated alkanes) is 1. The molecule has 1 aromatic rings. The lowest BCUT2D eigenvalue weighted by Gasteiger charge is -2.26. The highest BCUT2D eigenvalue weighted by Gasteiger charge is 2.22. The van der Waals surface area contributed by atoms with Crippen LogP contribution in [-0.4, -0.2) is 34.8 Å². The van der Waals surface area contributed by atoms with Crippen LogP contribution in [0.3, 0.4) is 0 Å². The molecule has 0 saturated carbocycles. The van der Waals surface area contributed by atoms with Gasteiger partial charge in [-0.15, -0.1) is 11.3 Å². The number of rotatable bonds is 9. The van der Waals surface area contributed by atoms with Crippen LogP contribution in [0.1, 0.15) is 65.2 Å². The van der Waals surface area contributed by atoms with E-state index in [0.717, 1.165) is 24.1 Å². The number of nitrogens with zero attached hydrogens (tertiary/aromatic N) is 2. The lowest BCUT2D eigenvalue weighted by Crippen LogP contribution is -2.39. The first kappa shape index (κ1) is 21.6. The molecule has 1 unspecified atom stereocenters. The highest BCUT2D eigenvalue weighted by atomic mass is 32.1. The summed E-state index contributed by atoms with van der Waals surface area (Å²) in [5, 5.41) is 3.38. The molecule has 0 fully saturated rings. The van der Waals surface area contributed by atoms with E-state index >= 15 is 0 Å². The molecule has 1 N–H and O–H groups in total. The van der Waals surface area contributed by atoms with Gasteiger partial charge in [-0.2, -0.15) is 0 Å². The van der Waals surface area contributed by atoms with Crippen molar-refractivity contribution in [1.29, 1.82) is 0 Å². The Balaban J connectivity index is 2.62. The molecule has 1 aromatic heterocycles. The van der Waals surface area contributed by atoms with Crippen LogP contribution in [0.25, 0.3) is 0 Å². The minimum Gasteiger partial charge on any atom is -0.333 e. The quantitative estimate of drug-likeness (QED) is 0.700. The normalized spacial score (nSPS) is 12.7. The second kappa shape index (κ2) is 9.90. The summed E-state index contributed by atoms with van der Waals surface area (Å²) in [6, 6.07) is 0. The van der Waals surface area contributed by atoms with Crippen LogP contribution in [0.2, 0.25) is 0 Å². The minimum atomic E-state index is -0.178. The van der Waals surface area contributed by atoms with Crippen molar-refractivity contribution in [3.63, 3.8) is 0 Å². The smallest absolute Gasteiger partial charge is 0.245 e.